The minimum atomic E-state index is -0.557. The standard InChI is InChI=1S/C26H25F2N3O3/c27-20-6-2-1-5-19(20)26(32)29-16-23(18-9-10-24-25(15-18)34-17-33-24)31-13-11-30(12-14-31)22-8-4-3-7-21(22)28/h1-10,15,23H,11-14,16-17H2,(H,29,32)/t23-/m0/s1. The maximum absolute atomic E-state index is 14.3. The van der Waals surface area contributed by atoms with Crippen LogP contribution in [0.1, 0.15) is 22.0 Å². The molecule has 176 valence electrons. The molecule has 3 aromatic carbocycles. The molecule has 2 heterocycles. The highest BCUT2D eigenvalue weighted by Gasteiger charge is 2.28. The Morgan fingerprint density at radius 2 is 1.59 bits per heavy atom. The van der Waals surface area contributed by atoms with E-state index in [2.05, 4.69) is 10.2 Å². The molecule has 2 aliphatic heterocycles. The Hall–Kier alpha value is -3.65. The number of benzene rings is 3. The molecule has 8 heteroatoms. The minimum Gasteiger partial charge on any atom is -0.454 e. The molecule has 1 amide bonds. The summed E-state index contributed by atoms with van der Waals surface area (Å²) in [6.45, 7) is 3.08. The zero-order valence-corrected chi connectivity index (χ0v) is 18.5. The Morgan fingerprint density at radius 3 is 2.35 bits per heavy atom. The van der Waals surface area contributed by atoms with Crippen LogP contribution in [0.2, 0.25) is 0 Å². The van der Waals surface area contributed by atoms with Crippen LogP contribution in [0.25, 0.3) is 0 Å². The lowest BCUT2D eigenvalue weighted by Gasteiger charge is -2.40. The molecule has 1 N–H and O–H groups in total. The number of nitrogens with one attached hydrogen (secondary N) is 1. The fourth-order valence-electron chi connectivity index (χ4n) is 4.49. The highest BCUT2D eigenvalue weighted by atomic mass is 19.1. The number of para-hydroxylation sites is 1. The van der Waals surface area contributed by atoms with Crippen LogP contribution in [0.5, 0.6) is 11.5 Å². The molecule has 1 atom stereocenters. The molecule has 0 spiro atoms. The highest BCUT2D eigenvalue weighted by molar-refractivity contribution is 5.94. The van der Waals surface area contributed by atoms with E-state index >= 15 is 0 Å². The summed E-state index contributed by atoms with van der Waals surface area (Å²) < 4.78 is 39.3. The number of fused-ring (bicyclic) bond motifs is 1. The first kappa shape index (κ1) is 22.2. The Bertz CT molecular complexity index is 1180. The number of piperazine rings is 1. The Labute approximate surface area is 196 Å². The SMILES string of the molecule is O=C(NC[C@@H](c1ccc2c(c1)OCO2)N1CCN(c2ccccc2F)CC1)c1ccccc1F. The van der Waals surface area contributed by atoms with Gasteiger partial charge in [0.1, 0.15) is 11.6 Å². The first-order valence-corrected chi connectivity index (χ1v) is 11.3. The molecule has 0 bridgehead atoms. The van der Waals surface area contributed by atoms with Crippen molar-refractivity contribution in [3.63, 3.8) is 0 Å². The monoisotopic (exact) mass is 465 g/mol. The van der Waals surface area contributed by atoms with Crippen molar-refractivity contribution in [3.05, 3.63) is 89.5 Å². The third-order valence-electron chi connectivity index (χ3n) is 6.30. The minimum absolute atomic E-state index is 0.0105. The summed E-state index contributed by atoms with van der Waals surface area (Å²) in [6.07, 6.45) is 0. The van der Waals surface area contributed by atoms with Gasteiger partial charge in [0.25, 0.3) is 5.91 Å². The molecule has 34 heavy (non-hydrogen) atoms. The maximum Gasteiger partial charge on any atom is 0.254 e. The number of carbonyl (C=O) groups is 1. The summed E-state index contributed by atoms with van der Waals surface area (Å²) in [5, 5.41) is 2.89. The van der Waals surface area contributed by atoms with Crippen LogP contribution >= 0.6 is 0 Å². The molecule has 2 aliphatic rings. The lowest BCUT2D eigenvalue weighted by molar-refractivity contribution is 0.0926. The second-order valence-electron chi connectivity index (χ2n) is 8.29. The van der Waals surface area contributed by atoms with Gasteiger partial charge >= 0.3 is 0 Å². The van der Waals surface area contributed by atoms with E-state index in [1.807, 2.05) is 29.2 Å². The van der Waals surface area contributed by atoms with E-state index in [0.717, 1.165) is 5.56 Å². The predicted molar refractivity (Wildman–Crippen MR) is 124 cm³/mol. The smallest absolute Gasteiger partial charge is 0.254 e. The van der Waals surface area contributed by atoms with Crippen molar-refractivity contribution in [1.82, 2.24) is 10.2 Å². The fourth-order valence-corrected chi connectivity index (χ4v) is 4.49. The third-order valence-corrected chi connectivity index (χ3v) is 6.30. The zero-order valence-electron chi connectivity index (χ0n) is 18.5. The Balaban J connectivity index is 1.34. The van der Waals surface area contributed by atoms with Crippen LogP contribution in [0.15, 0.2) is 66.7 Å². The van der Waals surface area contributed by atoms with Gasteiger partial charge in [-0.3, -0.25) is 9.69 Å². The van der Waals surface area contributed by atoms with Crippen molar-refractivity contribution in [2.75, 3.05) is 44.4 Å². The summed E-state index contributed by atoms with van der Waals surface area (Å²) in [6, 6.07) is 18.3. The van der Waals surface area contributed by atoms with E-state index in [4.69, 9.17) is 9.47 Å². The average Bonchev–Trinajstić information content (AvgIpc) is 3.33. The molecule has 6 nitrogen and oxygen atoms in total. The van der Waals surface area contributed by atoms with Gasteiger partial charge < -0.3 is 19.7 Å². The summed E-state index contributed by atoms with van der Waals surface area (Å²) in [5.41, 5.74) is 1.56. The van der Waals surface area contributed by atoms with Crippen LogP contribution in [0.4, 0.5) is 14.5 Å². The van der Waals surface area contributed by atoms with Gasteiger partial charge in [-0.2, -0.15) is 0 Å². The van der Waals surface area contributed by atoms with Crippen molar-refractivity contribution >= 4 is 11.6 Å². The van der Waals surface area contributed by atoms with Gasteiger partial charge in [0.2, 0.25) is 6.79 Å². The van der Waals surface area contributed by atoms with E-state index in [0.29, 0.717) is 43.4 Å². The molecule has 0 aromatic heterocycles. The quantitative estimate of drug-likeness (QED) is 0.597. The molecule has 0 unspecified atom stereocenters. The van der Waals surface area contributed by atoms with Gasteiger partial charge in [-0.1, -0.05) is 30.3 Å². The van der Waals surface area contributed by atoms with Crippen LogP contribution in [0, 0.1) is 11.6 Å². The largest absolute Gasteiger partial charge is 0.454 e. The topological polar surface area (TPSA) is 54.0 Å². The van der Waals surface area contributed by atoms with Gasteiger partial charge in [-0.05, 0) is 42.0 Å². The van der Waals surface area contributed by atoms with Gasteiger partial charge in [0, 0.05) is 32.7 Å². The van der Waals surface area contributed by atoms with Crippen LogP contribution in [-0.2, 0) is 0 Å². The van der Waals surface area contributed by atoms with Gasteiger partial charge in [0.05, 0.1) is 17.3 Å². The van der Waals surface area contributed by atoms with Gasteiger partial charge in [-0.15, -0.1) is 0 Å². The number of halogens is 2. The van der Waals surface area contributed by atoms with Crippen LogP contribution in [0.3, 0.4) is 0 Å². The van der Waals surface area contributed by atoms with Crippen molar-refractivity contribution < 1.29 is 23.0 Å². The lowest BCUT2D eigenvalue weighted by Crippen LogP contribution is -2.50. The molecule has 0 saturated carbocycles. The van der Waals surface area contributed by atoms with E-state index in [9.17, 15) is 13.6 Å². The Kier molecular flexibility index (Phi) is 6.31. The number of amides is 1. The van der Waals surface area contributed by atoms with Gasteiger partial charge in [0.15, 0.2) is 11.5 Å². The normalized spacial score (nSPS) is 16.4. The fraction of sp³-hybridized carbons (Fsp3) is 0.269. The number of nitrogens with zero attached hydrogens (tertiary/aromatic N) is 2. The number of ether oxygens (including phenoxy) is 2. The summed E-state index contributed by atoms with van der Waals surface area (Å²) in [7, 11) is 0. The average molecular weight is 466 g/mol. The number of rotatable bonds is 6. The second-order valence-corrected chi connectivity index (χ2v) is 8.29. The number of hydrogen-bond donors (Lipinski definition) is 1. The molecule has 3 aromatic rings. The number of carbonyl (C=O) groups excluding carboxylic acids is 1. The van der Waals surface area contributed by atoms with E-state index in [1.165, 1.54) is 18.2 Å². The van der Waals surface area contributed by atoms with E-state index < -0.39 is 11.7 Å². The molecular weight excluding hydrogens is 440 g/mol. The molecule has 0 radical (unpaired) electrons. The molecule has 5 rings (SSSR count). The van der Waals surface area contributed by atoms with Crippen molar-refractivity contribution in [2.45, 2.75) is 6.04 Å². The third kappa shape index (κ3) is 4.54. The first-order chi connectivity index (χ1) is 16.6. The molecule has 1 saturated heterocycles. The first-order valence-electron chi connectivity index (χ1n) is 11.3. The zero-order chi connectivity index (χ0) is 23.5. The number of hydrogen-bond acceptors (Lipinski definition) is 5. The summed E-state index contributed by atoms with van der Waals surface area (Å²) >= 11 is 0. The van der Waals surface area contributed by atoms with Gasteiger partial charge in [-0.25, -0.2) is 8.78 Å². The van der Waals surface area contributed by atoms with Crippen molar-refractivity contribution in [2.24, 2.45) is 0 Å². The molecule has 0 aliphatic carbocycles. The predicted octanol–water partition coefficient (Wildman–Crippen LogP) is 3.99. The molecular formula is C26H25F2N3O3. The van der Waals surface area contributed by atoms with E-state index in [1.54, 1.807) is 24.3 Å². The lowest BCUT2D eigenvalue weighted by atomic mass is 10.0. The van der Waals surface area contributed by atoms with Crippen LogP contribution < -0.4 is 19.7 Å². The van der Waals surface area contributed by atoms with E-state index in [-0.39, 0.29) is 30.8 Å². The van der Waals surface area contributed by atoms with Crippen LogP contribution in [-0.4, -0.2) is 50.3 Å². The van der Waals surface area contributed by atoms with Crippen molar-refractivity contribution in [1.29, 1.82) is 0 Å². The molecule has 1 fully saturated rings. The highest BCUT2D eigenvalue weighted by Crippen LogP contribution is 2.36. The van der Waals surface area contributed by atoms with Crippen molar-refractivity contribution in [3.8, 4) is 11.5 Å². The number of anilines is 1. The Morgan fingerprint density at radius 1 is 0.882 bits per heavy atom. The summed E-state index contributed by atoms with van der Waals surface area (Å²) in [5.74, 6) is 0.0857. The summed E-state index contributed by atoms with van der Waals surface area (Å²) in [4.78, 5) is 17.0. The maximum atomic E-state index is 14.3. The second kappa shape index (κ2) is 9.69.